The Morgan fingerprint density at radius 2 is 2.27 bits per heavy atom. The van der Waals surface area contributed by atoms with Crippen LogP contribution in [-0.4, -0.2) is 67.0 Å². The lowest BCUT2D eigenvalue weighted by atomic mass is 10.0. The van der Waals surface area contributed by atoms with E-state index in [9.17, 15) is 5.11 Å². The predicted octanol–water partition coefficient (Wildman–Crippen LogP) is -0.332. The van der Waals surface area contributed by atoms with E-state index in [0.29, 0.717) is 36.8 Å². The summed E-state index contributed by atoms with van der Waals surface area (Å²) in [5, 5.41) is 22.9. The van der Waals surface area contributed by atoms with E-state index < -0.39 is 6.10 Å². The number of nitriles is 1. The molecule has 1 aromatic rings. The molecule has 0 aliphatic carbocycles. The third-order valence-electron chi connectivity index (χ3n) is 4.27. The van der Waals surface area contributed by atoms with Gasteiger partial charge in [0.05, 0.1) is 26.0 Å². The molecule has 0 saturated carbocycles. The van der Waals surface area contributed by atoms with Gasteiger partial charge in [0.15, 0.2) is 0 Å². The fourth-order valence-corrected chi connectivity index (χ4v) is 3.08. The number of piperazine rings is 1. The number of nitrogens with zero attached hydrogens (tertiary/aromatic N) is 3. The molecule has 0 aromatic carbocycles. The van der Waals surface area contributed by atoms with E-state index in [2.05, 4.69) is 15.2 Å². The molecule has 7 heteroatoms. The van der Waals surface area contributed by atoms with Gasteiger partial charge >= 0.3 is 0 Å². The molecule has 118 valence electrons. The monoisotopic (exact) mass is 304 g/mol. The third-order valence-corrected chi connectivity index (χ3v) is 4.27. The van der Waals surface area contributed by atoms with Gasteiger partial charge in [-0.1, -0.05) is 0 Å². The minimum absolute atomic E-state index is 0.280. The summed E-state index contributed by atoms with van der Waals surface area (Å²) >= 11 is 0. The quantitative estimate of drug-likeness (QED) is 0.787. The SMILES string of the molecule is COc1cc(C(O)CN2[C@@H]3CNC[C@H]2COC3)ncc1C#N. The van der Waals surface area contributed by atoms with Gasteiger partial charge in [-0.2, -0.15) is 5.26 Å². The largest absolute Gasteiger partial charge is 0.495 e. The molecule has 3 atom stereocenters. The van der Waals surface area contributed by atoms with Crippen molar-refractivity contribution < 1.29 is 14.6 Å². The zero-order valence-corrected chi connectivity index (χ0v) is 12.5. The summed E-state index contributed by atoms with van der Waals surface area (Å²) in [6.07, 6.45) is 0.724. The molecule has 2 N–H and O–H groups in total. The fourth-order valence-electron chi connectivity index (χ4n) is 3.08. The second-order valence-corrected chi connectivity index (χ2v) is 5.64. The highest BCUT2D eigenvalue weighted by Gasteiger charge is 2.35. The van der Waals surface area contributed by atoms with E-state index in [-0.39, 0.29) is 12.1 Å². The Morgan fingerprint density at radius 1 is 1.55 bits per heavy atom. The van der Waals surface area contributed by atoms with E-state index in [1.165, 1.54) is 13.3 Å². The molecule has 1 unspecified atom stereocenters. The Balaban J connectivity index is 1.74. The molecule has 1 aromatic heterocycles. The summed E-state index contributed by atoms with van der Waals surface area (Å²) in [7, 11) is 1.50. The van der Waals surface area contributed by atoms with Crippen molar-refractivity contribution in [3.8, 4) is 11.8 Å². The number of morpholine rings is 1. The highest BCUT2D eigenvalue weighted by atomic mass is 16.5. The maximum Gasteiger partial charge on any atom is 0.140 e. The number of nitrogens with one attached hydrogen (secondary N) is 1. The van der Waals surface area contributed by atoms with Crippen LogP contribution >= 0.6 is 0 Å². The van der Waals surface area contributed by atoms with Gasteiger partial charge < -0.3 is 19.9 Å². The van der Waals surface area contributed by atoms with Crippen molar-refractivity contribution in [2.75, 3.05) is 40.0 Å². The normalized spacial score (nSPS) is 26.2. The average molecular weight is 304 g/mol. The van der Waals surface area contributed by atoms with Gasteiger partial charge in [-0.3, -0.25) is 9.88 Å². The van der Waals surface area contributed by atoms with Crippen LogP contribution in [0.1, 0.15) is 17.4 Å². The van der Waals surface area contributed by atoms with Crippen LogP contribution < -0.4 is 10.1 Å². The Bertz CT molecular complexity index is 552. The maximum absolute atomic E-state index is 10.5. The zero-order chi connectivity index (χ0) is 15.5. The van der Waals surface area contributed by atoms with Crippen molar-refractivity contribution in [3.63, 3.8) is 0 Å². The number of aliphatic hydroxyl groups excluding tert-OH is 1. The van der Waals surface area contributed by atoms with Gasteiger partial charge in [0, 0.05) is 44.0 Å². The van der Waals surface area contributed by atoms with Crippen molar-refractivity contribution in [2.24, 2.45) is 0 Å². The van der Waals surface area contributed by atoms with Crippen molar-refractivity contribution in [2.45, 2.75) is 18.2 Å². The number of methoxy groups -OCH3 is 1. The standard InChI is InChI=1S/C15H20N4O3/c1-21-15-2-13(18-4-10(15)3-16)14(20)7-19-11-5-17-6-12(19)9-22-8-11/h2,4,11-12,14,17,20H,5-9H2,1H3/t11-,12+,14?. The van der Waals surface area contributed by atoms with E-state index in [1.54, 1.807) is 6.07 Å². The summed E-state index contributed by atoms with van der Waals surface area (Å²) in [4.78, 5) is 6.48. The number of fused-ring (bicyclic) bond motifs is 2. The molecule has 3 heterocycles. The molecule has 3 rings (SSSR count). The first-order valence-electron chi connectivity index (χ1n) is 7.39. The van der Waals surface area contributed by atoms with E-state index in [1.807, 2.05) is 6.07 Å². The summed E-state index contributed by atoms with van der Waals surface area (Å²) in [6, 6.07) is 4.22. The molecule has 2 aliphatic rings. The Morgan fingerprint density at radius 3 is 2.91 bits per heavy atom. The molecule has 2 fully saturated rings. The van der Waals surface area contributed by atoms with Gasteiger partial charge in [0.1, 0.15) is 23.5 Å². The van der Waals surface area contributed by atoms with Crippen LogP contribution in [0.5, 0.6) is 5.75 Å². The van der Waals surface area contributed by atoms with Crippen LogP contribution in [0.2, 0.25) is 0 Å². The van der Waals surface area contributed by atoms with Crippen molar-refractivity contribution in [1.82, 2.24) is 15.2 Å². The van der Waals surface area contributed by atoms with Gasteiger partial charge in [0.25, 0.3) is 0 Å². The molecule has 2 bridgehead atoms. The molecule has 2 aliphatic heterocycles. The van der Waals surface area contributed by atoms with E-state index in [0.717, 1.165) is 13.1 Å². The fraction of sp³-hybridized carbons (Fsp3) is 0.600. The van der Waals surface area contributed by atoms with Crippen LogP contribution in [0.15, 0.2) is 12.3 Å². The highest BCUT2D eigenvalue weighted by molar-refractivity contribution is 5.42. The number of hydrogen-bond donors (Lipinski definition) is 2. The topological polar surface area (TPSA) is 90.6 Å². The Labute approximate surface area is 129 Å². The lowest BCUT2D eigenvalue weighted by molar-refractivity contribution is -0.0796. The number of aliphatic hydroxyl groups is 1. The maximum atomic E-state index is 10.5. The van der Waals surface area contributed by atoms with Crippen LogP contribution in [-0.2, 0) is 4.74 Å². The van der Waals surface area contributed by atoms with Gasteiger partial charge in [0.2, 0.25) is 0 Å². The number of pyridine rings is 1. The molecule has 0 amide bonds. The number of aromatic nitrogens is 1. The zero-order valence-electron chi connectivity index (χ0n) is 12.5. The van der Waals surface area contributed by atoms with Crippen molar-refractivity contribution >= 4 is 0 Å². The van der Waals surface area contributed by atoms with Crippen LogP contribution in [0, 0.1) is 11.3 Å². The Kier molecular flexibility index (Phi) is 4.55. The molecule has 2 saturated heterocycles. The van der Waals surface area contributed by atoms with Crippen LogP contribution in [0.4, 0.5) is 0 Å². The van der Waals surface area contributed by atoms with Crippen molar-refractivity contribution in [3.05, 3.63) is 23.5 Å². The first-order chi connectivity index (χ1) is 10.7. The Hall–Kier alpha value is -1.72. The summed E-state index contributed by atoms with van der Waals surface area (Å²) < 4.78 is 10.8. The lowest BCUT2D eigenvalue weighted by Crippen LogP contribution is -2.64. The van der Waals surface area contributed by atoms with Gasteiger partial charge in [-0.05, 0) is 0 Å². The summed E-state index contributed by atoms with van der Waals surface area (Å²) in [5.41, 5.74) is 0.888. The smallest absolute Gasteiger partial charge is 0.140 e. The number of ether oxygens (including phenoxy) is 2. The van der Waals surface area contributed by atoms with Crippen molar-refractivity contribution in [1.29, 1.82) is 5.26 Å². The van der Waals surface area contributed by atoms with E-state index in [4.69, 9.17) is 14.7 Å². The molecule has 0 spiro atoms. The second kappa shape index (κ2) is 6.58. The molecule has 0 radical (unpaired) electrons. The highest BCUT2D eigenvalue weighted by Crippen LogP contribution is 2.24. The summed E-state index contributed by atoms with van der Waals surface area (Å²) in [6.45, 7) is 3.60. The number of hydrogen-bond acceptors (Lipinski definition) is 7. The lowest BCUT2D eigenvalue weighted by Gasteiger charge is -2.46. The van der Waals surface area contributed by atoms with Gasteiger partial charge in [-0.15, -0.1) is 0 Å². The molecule has 22 heavy (non-hydrogen) atoms. The minimum Gasteiger partial charge on any atom is -0.495 e. The van der Waals surface area contributed by atoms with E-state index >= 15 is 0 Å². The third kappa shape index (κ3) is 2.91. The molecular formula is C15H20N4O3. The second-order valence-electron chi connectivity index (χ2n) is 5.64. The number of rotatable bonds is 4. The van der Waals surface area contributed by atoms with Crippen LogP contribution in [0.25, 0.3) is 0 Å². The summed E-state index contributed by atoms with van der Waals surface area (Å²) in [5.74, 6) is 0.440. The van der Waals surface area contributed by atoms with Crippen LogP contribution in [0.3, 0.4) is 0 Å². The first kappa shape index (κ1) is 15.2. The molecular weight excluding hydrogens is 284 g/mol. The molecule has 7 nitrogen and oxygen atoms in total. The first-order valence-corrected chi connectivity index (χ1v) is 7.39. The minimum atomic E-state index is -0.720. The average Bonchev–Trinajstić information content (AvgIpc) is 2.54. The predicted molar refractivity (Wildman–Crippen MR) is 78.4 cm³/mol. The van der Waals surface area contributed by atoms with Gasteiger partial charge in [-0.25, -0.2) is 0 Å².